The van der Waals surface area contributed by atoms with Crippen LogP contribution in [-0.2, 0) is 50.9 Å². The van der Waals surface area contributed by atoms with E-state index in [1.54, 1.807) is 38.1 Å². The standard InChI is InChI=1S/C31H31F6NO5/c1-3-41-27(29(40)42-4-2)17-21-9-15-26(16-10-21)43-20-28(39)38(18-22-5-11-24(12-6-22)30(32,33)34)19-23-7-13-25(14-8-23)31(35,36)37/h5-16,27H,3-4,17-20H2,1-2H3/t27-/m0/s1. The molecule has 0 fully saturated rings. The quantitative estimate of drug-likeness (QED) is 0.156. The molecule has 0 heterocycles. The maximum Gasteiger partial charge on any atom is 0.416 e. The average Bonchev–Trinajstić information content (AvgIpc) is 2.96. The van der Waals surface area contributed by atoms with E-state index >= 15 is 0 Å². The Morgan fingerprint density at radius 1 is 0.698 bits per heavy atom. The fourth-order valence-corrected chi connectivity index (χ4v) is 4.09. The van der Waals surface area contributed by atoms with Crippen LogP contribution in [0.4, 0.5) is 26.3 Å². The first-order valence-electron chi connectivity index (χ1n) is 13.4. The summed E-state index contributed by atoms with van der Waals surface area (Å²) in [7, 11) is 0. The second-order valence-electron chi connectivity index (χ2n) is 9.47. The van der Waals surface area contributed by atoms with Crippen LogP contribution in [-0.4, -0.2) is 42.7 Å². The maximum atomic E-state index is 13.2. The number of benzene rings is 3. The summed E-state index contributed by atoms with van der Waals surface area (Å²) < 4.78 is 94.0. The van der Waals surface area contributed by atoms with E-state index in [4.69, 9.17) is 14.2 Å². The lowest BCUT2D eigenvalue weighted by atomic mass is 10.1. The van der Waals surface area contributed by atoms with Gasteiger partial charge in [0, 0.05) is 26.1 Å². The molecular formula is C31H31F6NO5. The van der Waals surface area contributed by atoms with E-state index in [9.17, 15) is 35.9 Å². The molecule has 6 nitrogen and oxygen atoms in total. The smallest absolute Gasteiger partial charge is 0.416 e. The van der Waals surface area contributed by atoms with Crippen LogP contribution in [0.5, 0.6) is 5.75 Å². The average molecular weight is 612 g/mol. The molecule has 0 aromatic heterocycles. The van der Waals surface area contributed by atoms with Crippen molar-refractivity contribution in [2.24, 2.45) is 0 Å². The SMILES string of the molecule is CCOC(=O)[C@H](Cc1ccc(OCC(=O)N(Cc2ccc(C(F)(F)F)cc2)Cc2ccc(C(F)(F)F)cc2)cc1)OCC. The highest BCUT2D eigenvalue weighted by Crippen LogP contribution is 2.30. The number of hydrogen-bond donors (Lipinski definition) is 0. The van der Waals surface area contributed by atoms with Crippen molar-refractivity contribution in [1.29, 1.82) is 0 Å². The van der Waals surface area contributed by atoms with Gasteiger partial charge in [-0.1, -0.05) is 36.4 Å². The summed E-state index contributed by atoms with van der Waals surface area (Å²) in [6.07, 6.45) is -9.57. The Hall–Kier alpha value is -4.06. The van der Waals surface area contributed by atoms with E-state index in [1.807, 2.05) is 0 Å². The van der Waals surface area contributed by atoms with Gasteiger partial charge in [0.25, 0.3) is 5.91 Å². The van der Waals surface area contributed by atoms with Crippen molar-refractivity contribution in [3.05, 3.63) is 101 Å². The van der Waals surface area contributed by atoms with Crippen LogP contribution in [0, 0.1) is 0 Å². The van der Waals surface area contributed by atoms with E-state index < -0.39 is 48.1 Å². The Balaban J connectivity index is 1.71. The van der Waals surface area contributed by atoms with Crippen molar-refractivity contribution in [1.82, 2.24) is 4.90 Å². The summed E-state index contributed by atoms with van der Waals surface area (Å²) in [5.74, 6) is -0.677. The number of carbonyl (C=O) groups excluding carboxylic acids is 2. The summed E-state index contributed by atoms with van der Waals surface area (Å²) in [6.45, 7) is 3.35. The molecular weight excluding hydrogens is 580 g/mol. The fourth-order valence-electron chi connectivity index (χ4n) is 4.09. The highest BCUT2D eigenvalue weighted by atomic mass is 19.4. The number of esters is 1. The van der Waals surface area contributed by atoms with Crippen molar-refractivity contribution in [3.8, 4) is 5.75 Å². The number of ether oxygens (including phenoxy) is 3. The Bertz CT molecular complexity index is 1260. The minimum Gasteiger partial charge on any atom is -0.484 e. The molecule has 1 atom stereocenters. The highest BCUT2D eigenvalue weighted by Gasteiger charge is 2.31. The molecule has 0 aliphatic heterocycles. The summed E-state index contributed by atoms with van der Waals surface area (Å²) in [4.78, 5) is 26.6. The predicted octanol–water partition coefficient (Wildman–Crippen LogP) is 6.84. The number of halogens is 6. The van der Waals surface area contributed by atoms with Crippen LogP contribution in [0.3, 0.4) is 0 Å². The molecule has 0 aliphatic rings. The number of amides is 1. The molecule has 43 heavy (non-hydrogen) atoms. The van der Waals surface area contributed by atoms with E-state index in [0.29, 0.717) is 23.5 Å². The zero-order chi connectivity index (χ0) is 31.6. The van der Waals surface area contributed by atoms with Crippen LogP contribution in [0.15, 0.2) is 72.8 Å². The molecule has 0 aliphatic carbocycles. The first-order valence-corrected chi connectivity index (χ1v) is 13.4. The lowest BCUT2D eigenvalue weighted by Gasteiger charge is -2.24. The van der Waals surface area contributed by atoms with E-state index in [0.717, 1.165) is 29.8 Å². The molecule has 0 saturated heterocycles. The first kappa shape index (κ1) is 33.4. The molecule has 3 aromatic rings. The Morgan fingerprint density at radius 3 is 1.58 bits per heavy atom. The molecule has 1 amide bonds. The van der Waals surface area contributed by atoms with Gasteiger partial charge in [0.05, 0.1) is 17.7 Å². The molecule has 0 radical (unpaired) electrons. The van der Waals surface area contributed by atoms with Crippen LogP contribution in [0.25, 0.3) is 0 Å². The van der Waals surface area contributed by atoms with E-state index in [2.05, 4.69) is 0 Å². The third kappa shape index (κ3) is 10.3. The van der Waals surface area contributed by atoms with Crippen molar-refractivity contribution in [3.63, 3.8) is 0 Å². The summed E-state index contributed by atoms with van der Waals surface area (Å²) in [6, 6.07) is 15.1. The van der Waals surface area contributed by atoms with Crippen molar-refractivity contribution >= 4 is 11.9 Å². The molecule has 12 heteroatoms. The summed E-state index contributed by atoms with van der Waals surface area (Å²) in [5.41, 5.74) is -0.153. The monoisotopic (exact) mass is 611 g/mol. The van der Waals surface area contributed by atoms with Gasteiger partial charge in [-0.05, 0) is 66.9 Å². The molecule has 0 bridgehead atoms. The number of hydrogen-bond acceptors (Lipinski definition) is 5. The lowest BCUT2D eigenvalue weighted by molar-refractivity contribution is -0.156. The van der Waals surface area contributed by atoms with Gasteiger partial charge < -0.3 is 19.1 Å². The lowest BCUT2D eigenvalue weighted by Crippen LogP contribution is -2.34. The topological polar surface area (TPSA) is 65.1 Å². The van der Waals surface area contributed by atoms with Crippen LogP contribution < -0.4 is 4.74 Å². The minimum absolute atomic E-state index is 0.104. The molecule has 0 spiro atoms. The Kier molecular flexibility index (Phi) is 11.6. The van der Waals surface area contributed by atoms with Crippen molar-refractivity contribution < 1.29 is 50.1 Å². The molecule has 3 rings (SSSR count). The van der Waals surface area contributed by atoms with Gasteiger partial charge in [0.2, 0.25) is 0 Å². The van der Waals surface area contributed by atoms with Crippen molar-refractivity contribution in [2.75, 3.05) is 19.8 Å². The Morgan fingerprint density at radius 2 is 1.16 bits per heavy atom. The first-order chi connectivity index (χ1) is 20.3. The maximum absolute atomic E-state index is 13.2. The zero-order valence-corrected chi connectivity index (χ0v) is 23.5. The summed E-state index contributed by atoms with van der Waals surface area (Å²) >= 11 is 0. The van der Waals surface area contributed by atoms with Gasteiger partial charge in [0.15, 0.2) is 12.7 Å². The van der Waals surface area contributed by atoms with Crippen LogP contribution in [0.2, 0.25) is 0 Å². The van der Waals surface area contributed by atoms with Crippen molar-refractivity contribution in [2.45, 2.75) is 51.8 Å². The summed E-state index contributed by atoms with van der Waals surface area (Å²) in [5, 5.41) is 0. The third-order valence-corrected chi connectivity index (χ3v) is 6.29. The molecule has 0 unspecified atom stereocenters. The second kappa shape index (κ2) is 14.9. The predicted molar refractivity (Wildman–Crippen MR) is 145 cm³/mol. The van der Waals surface area contributed by atoms with Gasteiger partial charge in [-0.15, -0.1) is 0 Å². The normalized spacial score (nSPS) is 12.5. The molecule has 0 N–H and O–H groups in total. The van der Waals surface area contributed by atoms with Gasteiger partial charge in [-0.25, -0.2) is 4.79 Å². The van der Waals surface area contributed by atoms with Crippen LogP contribution >= 0.6 is 0 Å². The largest absolute Gasteiger partial charge is 0.484 e. The van der Waals surface area contributed by atoms with Gasteiger partial charge in [0.1, 0.15) is 5.75 Å². The Labute approximate surface area is 245 Å². The number of nitrogens with zero attached hydrogens (tertiary/aromatic N) is 1. The second-order valence-corrected chi connectivity index (χ2v) is 9.47. The van der Waals surface area contributed by atoms with Crippen LogP contribution in [0.1, 0.15) is 41.7 Å². The van der Waals surface area contributed by atoms with E-state index in [-0.39, 0.29) is 26.1 Å². The minimum atomic E-state index is -4.53. The number of carbonyl (C=O) groups is 2. The zero-order valence-electron chi connectivity index (χ0n) is 23.5. The van der Waals surface area contributed by atoms with Gasteiger partial charge in [-0.2, -0.15) is 26.3 Å². The molecule has 3 aromatic carbocycles. The molecule has 232 valence electrons. The van der Waals surface area contributed by atoms with E-state index in [1.165, 1.54) is 29.2 Å². The van der Waals surface area contributed by atoms with Gasteiger partial charge in [-0.3, -0.25) is 4.79 Å². The third-order valence-electron chi connectivity index (χ3n) is 6.29. The number of rotatable bonds is 13. The molecule has 0 saturated carbocycles. The fraction of sp³-hybridized carbons (Fsp3) is 0.355. The number of alkyl halides is 6. The highest BCUT2D eigenvalue weighted by molar-refractivity contribution is 5.78. The van der Waals surface area contributed by atoms with Gasteiger partial charge >= 0.3 is 18.3 Å².